The highest BCUT2D eigenvalue weighted by atomic mass is 35.5. The van der Waals surface area contributed by atoms with Crippen molar-refractivity contribution in [1.29, 1.82) is 0 Å². The van der Waals surface area contributed by atoms with Gasteiger partial charge < -0.3 is 15.2 Å². The van der Waals surface area contributed by atoms with Crippen molar-refractivity contribution < 1.29 is 14.6 Å². The number of thiazole rings is 1. The van der Waals surface area contributed by atoms with Crippen molar-refractivity contribution in [2.75, 3.05) is 19.8 Å². The third-order valence-corrected chi connectivity index (χ3v) is 5.45. The van der Waals surface area contributed by atoms with Gasteiger partial charge in [-0.25, -0.2) is 4.98 Å². The molecule has 1 saturated heterocycles. The van der Waals surface area contributed by atoms with Crippen LogP contribution in [0.5, 0.6) is 0 Å². The number of carbonyl (C=O) groups excluding carboxylic acids is 1. The Morgan fingerprint density at radius 3 is 2.79 bits per heavy atom. The largest absolute Gasteiger partial charge is 0.394 e. The lowest BCUT2D eigenvalue weighted by Crippen LogP contribution is -2.54. The second-order valence-electron chi connectivity index (χ2n) is 5.67. The first-order valence-electron chi connectivity index (χ1n) is 7.45. The summed E-state index contributed by atoms with van der Waals surface area (Å²) in [7, 11) is 0. The van der Waals surface area contributed by atoms with Gasteiger partial charge in [-0.2, -0.15) is 0 Å². The van der Waals surface area contributed by atoms with E-state index in [9.17, 15) is 9.90 Å². The molecule has 0 radical (unpaired) electrons. The van der Waals surface area contributed by atoms with Crippen LogP contribution >= 0.6 is 34.5 Å². The molecule has 128 valence electrons. The van der Waals surface area contributed by atoms with Gasteiger partial charge in [-0.3, -0.25) is 4.79 Å². The molecule has 1 fully saturated rings. The molecule has 0 aliphatic carbocycles. The van der Waals surface area contributed by atoms with Crippen molar-refractivity contribution in [2.45, 2.75) is 18.4 Å². The first-order valence-corrected chi connectivity index (χ1v) is 9.09. The summed E-state index contributed by atoms with van der Waals surface area (Å²) in [5.41, 5.74) is 0.394. The fourth-order valence-corrected chi connectivity index (χ4v) is 3.95. The molecule has 0 unspecified atom stereocenters. The molecular formula is C16H16Cl2N2O3S. The second-order valence-corrected chi connectivity index (χ2v) is 7.37. The van der Waals surface area contributed by atoms with Crippen LogP contribution in [0.25, 0.3) is 10.6 Å². The molecule has 5 nitrogen and oxygen atoms in total. The van der Waals surface area contributed by atoms with Gasteiger partial charge in [0.05, 0.1) is 17.2 Å². The van der Waals surface area contributed by atoms with E-state index < -0.39 is 5.54 Å². The number of rotatable bonds is 4. The number of halogens is 2. The van der Waals surface area contributed by atoms with Crippen LogP contribution in [-0.4, -0.2) is 41.4 Å². The van der Waals surface area contributed by atoms with Gasteiger partial charge in [-0.1, -0.05) is 23.2 Å². The molecule has 2 aromatic rings. The second kappa shape index (κ2) is 7.37. The number of ether oxygens (including phenoxy) is 1. The summed E-state index contributed by atoms with van der Waals surface area (Å²) in [4.78, 5) is 16.9. The van der Waals surface area contributed by atoms with Crippen molar-refractivity contribution in [3.8, 4) is 10.6 Å². The molecule has 2 N–H and O–H groups in total. The number of aromatic nitrogens is 1. The van der Waals surface area contributed by atoms with Crippen LogP contribution in [0.1, 0.15) is 23.3 Å². The zero-order valence-corrected chi connectivity index (χ0v) is 15.0. The highest BCUT2D eigenvalue weighted by molar-refractivity contribution is 7.13. The van der Waals surface area contributed by atoms with E-state index in [-0.39, 0.29) is 12.5 Å². The summed E-state index contributed by atoms with van der Waals surface area (Å²) in [6.45, 7) is 0.912. The quantitative estimate of drug-likeness (QED) is 0.844. The molecule has 3 rings (SSSR count). The molecule has 1 aliphatic rings. The number of nitrogens with one attached hydrogen (secondary N) is 1. The third kappa shape index (κ3) is 3.73. The predicted molar refractivity (Wildman–Crippen MR) is 94.9 cm³/mol. The molecule has 0 atom stereocenters. The topological polar surface area (TPSA) is 71.5 Å². The van der Waals surface area contributed by atoms with Crippen LogP contribution in [0, 0.1) is 0 Å². The van der Waals surface area contributed by atoms with Crippen molar-refractivity contribution in [1.82, 2.24) is 10.3 Å². The van der Waals surface area contributed by atoms with E-state index in [1.165, 1.54) is 11.3 Å². The fraction of sp³-hybridized carbons (Fsp3) is 0.375. The third-order valence-electron chi connectivity index (χ3n) is 4.03. The van der Waals surface area contributed by atoms with Gasteiger partial charge in [0.15, 0.2) is 0 Å². The molecule has 1 amide bonds. The Hall–Kier alpha value is -1.18. The number of aliphatic hydroxyl groups is 1. The van der Waals surface area contributed by atoms with Crippen molar-refractivity contribution in [3.63, 3.8) is 0 Å². The molecule has 24 heavy (non-hydrogen) atoms. The van der Waals surface area contributed by atoms with Crippen LogP contribution < -0.4 is 5.32 Å². The van der Waals surface area contributed by atoms with E-state index in [1.54, 1.807) is 23.6 Å². The Morgan fingerprint density at radius 2 is 2.12 bits per heavy atom. The van der Waals surface area contributed by atoms with Crippen LogP contribution in [0.2, 0.25) is 10.0 Å². The molecule has 8 heteroatoms. The van der Waals surface area contributed by atoms with Gasteiger partial charge in [0.25, 0.3) is 5.91 Å². The number of nitrogens with zero attached hydrogens (tertiary/aromatic N) is 1. The first kappa shape index (κ1) is 17.6. The van der Waals surface area contributed by atoms with E-state index in [1.807, 2.05) is 0 Å². The van der Waals surface area contributed by atoms with E-state index >= 15 is 0 Å². The van der Waals surface area contributed by atoms with Crippen molar-refractivity contribution in [3.05, 3.63) is 39.3 Å². The molecule has 1 aromatic carbocycles. The van der Waals surface area contributed by atoms with Gasteiger partial charge in [0.1, 0.15) is 10.7 Å². The number of benzene rings is 1. The molecule has 0 bridgehead atoms. The number of aliphatic hydroxyl groups excluding tert-OH is 1. The molecule has 1 aliphatic heterocycles. The lowest BCUT2D eigenvalue weighted by Gasteiger charge is -2.36. The summed E-state index contributed by atoms with van der Waals surface area (Å²) in [6.07, 6.45) is 1.16. The van der Waals surface area contributed by atoms with Crippen molar-refractivity contribution in [2.24, 2.45) is 0 Å². The van der Waals surface area contributed by atoms with Crippen LogP contribution in [0.15, 0.2) is 23.6 Å². The summed E-state index contributed by atoms with van der Waals surface area (Å²) >= 11 is 13.4. The van der Waals surface area contributed by atoms with Crippen LogP contribution in [0.3, 0.4) is 0 Å². The Morgan fingerprint density at radius 1 is 1.38 bits per heavy atom. The normalized spacial score (nSPS) is 16.8. The van der Waals surface area contributed by atoms with Gasteiger partial charge in [0.2, 0.25) is 0 Å². The standard InChI is InChI=1S/C16H16Cl2N2O3S/c17-10-1-2-11(12(18)7-10)15-19-13(8-24-15)14(22)20-16(9-21)3-5-23-6-4-16/h1-2,7-8,21H,3-6,9H2,(H,20,22). The predicted octanol–water partition coefficient (Wildman–Crippen LogP) is 3.39. The van der Waals surface area contributed by atoms with E-state index in [4.69, 9.17) is 27.9 Å². The number of hydrogen-bond donors (Lipinski definition) is 2. The zero-order valence-electron chi connectivity index (χ0n) is 12.7. The summed E-state index contributed by atoms with van der Waals surface area (Å²) in [6, 6.07) is 5.15. The Labute approximate surface area is 153 Å². The first-order chi connectivity index (χ1) is 11.5. The van der Waals surface area contributed by atoms with E-state index in [0.717, 1.165) is 5.56 Å². The maximum atomic E-state index is 12.5. The number of carbonyl (C=O) groups is 1. The van der Waals surface area contributed by atoms with Crippen LogP contribution in [0.4, 0.5) is 0 Å². The minimum atomic E-state index is -0.642. The summed E-state index contributed by atoms with van der Waals surface area (Å²) < 4.78 is 5.30. The van der Waals surface area contributed by atoms with E-state index in [2.05, 4.69) is 10.3 Å². The van der Waals surface area contributed by atoms with E-state index in [0.29, 0.717) is 46.8 Å². The van der Waals surface area contributed by atoms with Gasteiger partial charge in [-0.15, -0.1) is 11.3 Å². The smallest absolute Gasteiger partial charge is 0.271 e. The maximum absolute atomic E-state index is 12.5. The molecule has 2 heterocycles. The van der Waals surface area contributed by atoms with Gasteiger partial charge in [-0.05, 0) is 31.0 Å². The monoisotopic (exact) mass is 386 g/mol. The Bertz CT molecular complexity index is 745. The molecule has 0 saturated carbocycles. The lowest BCUT2D eigenvalue weighted by atomic mass is 9.91. The molecular weight excluding hydrogens is 371 g/mol. The average Bonchev–Trinajstić information content (AvgIpc) is 3.05. The maximum Gasteiger partial charge on any atom is 0.271 e. The minimum absolute atomic E-state index is 0.123. The fourth-order valence-electron chi connectivity index (χ4n) is 2.55. The molecule has 1 aromatic heterocycles. The highest BCUT2D eigenvalue weighted by Gasteiger charge is 2.34. The molecule has 0 spiro atoms. The zero-order chi connectivity index (χ0) is 17.2. The minimum Gasteiger partial charge on any atom is -0.394 e. The van der Waals surface area contributed by atoms with Crippen molar-refractivity contribution >= 4 is 40.4 Å². The number of hydrogen-bond acceptors (Lipinski definition) is 5. The average molecular weight is 387 g/mol. The summed E-state index contributed by atoms with van der Waals surface area (Å²) in [5, 5.41) is 15.9. The van der Waals surface area contributed by atoms with Gasteiger partial charge >= 0.3 is 0 Å². The number of amides is 1. The van der Waals surface area contributed by atoms with Crippen LogP contribution in [-0.2, 0) is 4.74 Å². The highest BCUT2D eigenvalue weighted by Crippen LogP contribution is 2.32. The SMILES string of the molecule is O=C(NC1(CO)CCOCC1)c1csc(-c2ccc(Cl)cc2Cl)n1. The van der Waals surface area contributed by atoms with Gasteiger partial charge in [0, 0.05) is 29.2 Å². The lowest BCUT2D eigenvalue weighted by molar-refractivity contribution is 0.0124. The summed E-state index contributed by atoms with van der Waals surface area (Å²) in [5.74, 6) is -0.307. The Kier molecular flexibility index (Phi) is 5.42. The Balaban J connectivity index is 1.78.